The predicted molar refractivity (Wildman–Crippen MR) is 109 cm³/mol. The number of carbonyl (C=O) groups excluding carboxylic acids is 2. The molecule has 5 nitrogen and oxygen atoms in total. The van der Waals surface area contributed by atoms with E-state index in [9.17, 15) is 9.59 Å². The van der Waals surface area contributed by atoms with Crippen molar-refractivity contribution in [3.63, 3.8) is 0 Å². The zero-order valence-corrected chi connectivity index (χ0v) is 16.8. The van der Waals surface area contributed by atoms with Gasteiger partial charge < -0.3 is 15.4 Å². The number of rotatable bonds is 7. The van der Waals surface area contributed by atoms with Crippen LogP contribution in [0.5, 0.6) is 5.75 Å². The van der Waals surface area contributed by atoms with Crippen LogP contribution in [0.4, 0.5) is 5.69 Å². The number of benzene rings is 2. The Labute approximate surface area is 165 Å². The lowest BCUT2D eigenvalue weighted by Gasteiger charge is -2.16. The van der Waals surface area contributed by atoms with Gasteiger partial charge in [-0.1, -0.05) is 31.5 Å². The third-order valence-corrected chi connectivity index (χ3v) is 4.42. The maximum Gasteiger partial charge on any atom is 0.262 e. The highest BCUT2D eigenvalue weighted by Gasteiger charge is 2.13. The fourth-order valence-corrected chi connectivity index (χ4v) is 2.76. The summed E-state index contributed by atoms with van der Waals surface area (Å²) in [4.78, 5) is 24.2. The first-order valence-corrected chi connectivity index (χ1v) is 9.30. The molecule has 0 aliphatic rings. The van der Waals surface area contributed by atoms with E-state index >= 15 is 0 Å². The van der Waals surface area contributed by atoms with E-state index in [1.807, 2.05) is 39.8 Å². The van der Waals surface area contributed by atoms with Crippen molar-refractivity contribution in [2.45, 2.75) is 33.6 Å². The molecule has 0 aromatic heterocycles. The van der Waals surface area contributed by atoms with Gasteiger partial charge in [0.25, 0.3) is 11.8 Å². The number of halogens is 1. The van der Waals surface area contributed by atoms with Crippen molar-refractivity contribution in [2.75, 3.05) is 18.5 Å². The summed E-state index contributed by atoms with van der Waals surface area (Å²) >= 11 is 6.20. The van der Waals surface area contributed by atoms with Crippen molar-refractivity contribution < 1.29 is 14.3 Å². The molecule has 144 valence electrons. The van der Waals surface area contributed by atoms with Gasteiger partial charge in [-0.15, -0.1) is 0 Å². The third-order valence-electron chi connectivity index (χ3n) is 4.02. The number of hydrogen-bond acceptors (Lipinski definition) is 3. The summed E-state index contributed by atoms with van der Waals surface area (Å²) in [5.41, 5.74) is 2.89. The Kier molecular flexibility index (Phi) is 7.25. The van der Waals surface area contributed by atoms with E-state index in [-0.39, 0.29) is 24.3 Å². The molecule has 0 bridgehead atoms. The molecule has 0 unspecified atom stereocenters. The summed E-state index contributed by atoms with van der Waals surface area (Å²) < 4.78 is 5.73. The van der Waals surface area contributed by atoms with Crippen LogP contribution in [0.2, 0.25) is 5.02 Å². The molecule has 2 aromatic carbocycles. The topological polar surface area (TPSA) is 67.4 Å². The summed E-state index contributed by atoms with van der Waals surface area (Å²) in [6.45, 7) is 8.24. The molecule has 0 spiro atoms. The molecule has 2 amide bonds. The summed E-state index contributed by atoms with van der Waals surface area (Å²) in [5.74, 6) is 0.390. The van der Waals surface area contributed by atoms with Gasteiger partial charge in [0.1, 0.15) is 5.75 Å². The predicted octanol–water partition coefficient (Wildman–Crippen LogP) is 4.54. The van der Waals surface area contributed by atoms with E-state index in [0.29, 0.717) is 28.6 Å². The van der Waals surface area contributed by atoms with Crippen molar-refractivity contribution in [3.05, 3.63) is 58.1 Å². The number of aryl methyl sites for hydroxylation is 1. The van der Waals surface area contributed by atoms with Crippen molar-refractivity contribution >= 4 is 29.1 Å². The molecule has 2 rings (SSSR count). The molecule has 0 aliphatic carbocycles. The van der Waals surface area contributed by atoms with Gasteiger partial charge in [0.2, 0.25) is 0 Å². The normalized spacial score (nSPS) is 10.6. The number of hydrogen-bond donors (Lipinski definition) is 2. The van der Waals surface area contributed by atoms with Crippen LogP contribution in [0.3, 0.4) is 0 Å². The van der Waals surface area contributed by atoms with Crippen molar-refractivity contribution in [1.82, 2.24) is 5.32 Å². The molecular weight excluding hydrogens is 364 g/mol. The third kappa shape index (κ3) is 5.73. The Morgan fingerprint density at radius 3 is 2.59 bits per heavy atom. The molecule has 0 heterocycles. The minimum absolute atomic E-state index is 0.133. The van der Waals surface area contributed by atoms with Crippen LogP contribution >= 0.6 is 11.6 Å². The second-order valence-electron chi connectivity index (χ2n) is 6.57. The van der Waals surface area contributed by atoms with Gasteiger partial charge in [-0.3, -0.25) is 9.59 Å². The zero-order valence-electron chi connectivity index (χ0n) is 16.1. The van der Waals surface area contributed by atoms with E-state index in [0.717, 1.165) is 11.1 Å². The van der Waals surface area contributed by atoms with Crippen LogP contribution < -0.4 is 15.4 Å². The Morgan fingerprint density at radius 1 is 1.19 bits per heavy atom. The van der Waals surface area contributed by atoms with Gasteiger partial charge in [-0.2, -0.15) is 0 Å². The molecule has 2 N–H and O–H groups in total. The van der Waals surface area contributed by atoms with E-state index in [2.05, 4.69) is 10.6 Å². The molecule has 6 heteroatoms. The molecule has 0 fully saturated rings. The second-order valence-corrected chi connectivity index (χ2v) is 6.98. The SMILES string of the molecule is CCNC(=O)c1cccc(NC(=O)COc2cc(C)c(Cl)cc2C(C)C)c1. The number of nitrogens with one attached hydrogen (secondary N) is 2. The molecule has 27 heavy (non-hydrogen) atoms. The van der Waals surface area contributed by atoms with Gasteiger partial charge in [0.05, 0.1) is 0 Å². The van der Waals surface area contributed by atoms with Crippen LogP contribution in [0.15, 0.2) is 36.4 Å². The van der Waals surface area contributed by atoms with Crippen molar-refractivity contribution in [2.24, 2.45) is 0 Å². The standard InChI is InChI=1S/C21H25ClN2O3/c1-5-23-21(26)15-7-6-8-16(10-15)24-20(25)12-27-19-9-14(4)18(22)11-17(19)13(2)3/h6-11,13H,5,12H2,1-4H3,(H,23,26)(H,24,25). The first-order chi connectivity index (χ1) is 12.8. The highest BCUT2D eigenvalue weighted by Crippen LogP contribution is 2.32. The van der Waals surface area contributed by atoms with Gasteiger partial charge in [-0.25, -0.2) is 0 Å². The minimum Gasteiger partial charge on any atom is -0.483 e. The van der Waals surface area contributed by atoms with E-state index in [4.69, 9.17) is 16.3 Å². The molecule has 2 aromatic rings. The monoisotopic (exact) mass is 388 g/mol. The zero-order chi connectivity index (χ0) is 20.0. The Bertz CT molecular complexity index is 834. The number of carbonyl (C=O) groups is 2. The molecular formula is C21H25ClN2O3. The van der Waals surface area contributed by atoms with Crippen molar-refractivity contribution in [1.29, 1.82) is 0 Å². The lowest BCUT2D eigenvalue weighted by atomic mass is 10.0. The fraction of sp³-hybridized carbons (Fsp3) is 0.333. The van der Waals surface area contributed by atoms with E-state index in [1.54, 1.807) is 24.3 Å². The van der Waals surface area contributed by atoms with Crippen LogP contribution in [-0.2, 0) is 4.79 Å². The van der Waals surface area contributed by atoms with Crippen LogP contribution in [0.25, 0.3) is 0 Å². The Hall–Kier alpha value is -2.53. The van der Waals surface area contributed by atoms with Crippen LogP contribution in [0, 0.1) is 6.92 Å². The van der Waals surface area contributed by atoms with Gasteiger partial charge in [-0.05, 0) is 61.2 Å². The summed E-state index contributed by atoms with van der Waals surface area (Å²) in [5, 5.41) is 6.16. The molecule has 0 saturated heterocycles. The first-order valence-electron chi connectivity index (χ1n) is 8.92. The van der Waals surface area contributed by atoms with Gasteiger partial charge in [0, 0.05) is 22.8 Å². The summed E-state index contributed by atoms with van der Waals surface area (Å²) in [7, 11) is 0. The lowest BCUT2D eigenvalue weighted by molar-refractivity contribution is -0.118. The van der Waals surface area contributed by atoms with E-state index in [1.165, 1.54) is 0 Å². The summed E-state index contributed by atoms with van der Waals surface area (Å²) in [6, 6.07) is 10.5. The van der Waals surface area contributed by atoms with Crippen LogP contribution in [-0.4, -0.2) is 25.0 Å². The Balaban J connectivity index is 2.04. The van der Waals surface area contributed by atoms with E-state index < -0.39 is 0 Å². The number of ether oxygens (including phenoxy) is 1. The molecule has 0 atom stereocenters. The Morgan fingerprint density at radius 2 is 1.93 bits per heavy atom. The molecule has 0 aliphatic heterocycles. The average molecular weight is 389 g/mol. The molecule has 0 radical (unpaired) electrons. The average Bonchev–Trinajstić information content (AvgIpc) is 2.62. The maximum atomic E-state index is 12.3. The fourth-order valence-electron chi connectivity index (χ4n) is 2.59. The van der Waals surface area contributed by atoms with Crippen molar-refractivity contribution in [3.8, 4) is 5.75 Å². The quantitative estimate of drug-likeness (QED) is 0.731. The lowest BCUT2D eigenvalue weighted by Crippen LogP contribution is -2.23. The second kappa shape index (κ2) is 9.42. The highest BCUT2D eigenvalue weighted by atomic mass is 35.5. The highest BCUT2D eigenvalue weighted by molar-refractivity contribution is 6.31. The molecule has 0 saturated carbocycles. The summed E-state index contributed by atoms with van der Waals surface area (Å²) in [6.07, 6.45) is 0. The number of anilines is 1. The van der Waals surface area contributed by atoms with Crippen LogP contribution in [0.1, 0.15) is 48.2 Å². The van der Waals surface area contributed by atoms with Gasteiger partial charge in [0.15, 0.2) is 6.61 Å². The minimum atomic E-state index is -0.301. The number of amides is 2. The maximum absolute atomic E-state index is 12.3. The first kappa shape index (κ1) is 20.8. The smallest absolute Gasteiger partial charge is 0.262 e. The van der Waals surface area contributed by atoms with Gasteiger partial charge >= 0.3 is 0 Å². The largest absolute Gasteiger partial charge is 0.483 e.